The zero-order chi connectivity index (χ0) is 30.2. The maximum atomic E-state index is 14.1. The molecule has 6 N–H and O–H groups in total. The molecule has 2 aromatic rings. The number of fused-ring (bicyclic) bond motifs is 4. The molecule has 1 aliphatic heterocycles. The lowest BCUT2D eigenvalue weighted by molar-refractivity contribution is -0.148. The normalized spacial score (nSPS) is 27.9. The standard InChI is InChI=1S/C31H35N3O8/c1-33(2)23-19-12-15-11-18-21(25(36)20(15)28(38)31(19,41)29(39)22(26(23)37)30(32)40)24(35)17-10-14(13-34-8-4-5-9-34)6-7-16(17)27(18)42-3/h6-7,10,15,19,23,35,37-38,41H,4-5,8-9,11-13H2,1-3H3,(H2,32,40)/t15-,19-,23-,31-/m0/s1. The molecule has 6 rings (SSSR count). The second-order valence-corrected chi connectivity index (χ2v) is 12.1. The van der Waals surface area contributed by atoms with Gasteiger partial charge in [0.15, 0.2) is 11.4 Å². The molecule has 4 aliphatic rings. The minimum atomic E-state index is -2.68. The van der Waals surface area contributed by atoms with Crippen LogP contribution in [0.15, 0.2) is 40.9 Å². The van der Waals surface area contributed by atoms with Gasteiger partial charge in [-0.3, -0.25) is 24.2 Å². The Morgan fingerprint density at radius 1 is 1.14 bits per heavy atom. The molecule has 0 bridgehead atoms. The number of phenols is 1. The number of Topliss-reactive ketones (excluding diaryl/α,β-unsaturated/α-hetero) is 2. The number of hydrogen-bond acceptors (Lipinski definition) is 10. The monoisotopic (exact) mass is 577 g/mol. The average Bonchev–Trinajstić information content (AvgIpc) is 3.44. The SMILES string of the molecule is COc1c2c(c(O)c3cc(CN4CCCC4)ccc13)C(=O)C1=C(O)[C@]3(O)C(=O)C(C(N)=O)=C(O)[C@@H](N(C)C)[C@@H]3C[C@@H]1C2. The number of primary amides is 1. The first-order valence-electron chi connectivity index (χ1n) is 14.1. The van der Waals surface area contributed by atoms with Crippen LogP contribution >= 0.6 is 0 Å². The highest BCUT2D eigenvalue weighted by atomic mass is 16.5. The average molecular weight is 578 g/mol. The topological polar surface area (TPSA) is 174 Å². The van der Waals surface area contributed by atoms with Crippen molar-refractivity contribution in [3.8, 4) is 11.5 Å². The Morgan fingerprint density at radius 2 is 1.83 bits per heavy atom. The molecule has 2 aromatic carbocycles. The predicted molar refractivity (Wildman–Crippen MR) is 152 cm³/mol. The Bertz CT molecular complexity index is 1620. The molecular weight excluding hydrogens is 542 g/mol. The van der Waals surface area contributed by atoms with E-state index >= 15 is 0 Å². The number of aromatic hydroxyl groups is 1. The summed E-state index contributed by atoms with van der Waals surface area (Å²) in [5.41, 5.74) is 3.08. The van der Waals surface area contributed by atoms with Crippen LogP contribution in [0.1, 0.15) is 40.7 Å². The van der Waals surface area contributed by atoms with E-state index in [4.69, 9.17) is 10.5 Å². The van der Waals surface area contributed by atoms with Crippen molar-refractivity contribution < 1.29 is 39.5 Å². The van der Waals surface area contributed by atoms with Crippen molar-refractivity contribution in [2.24, 2.45) is 17.6 Å². The number of carbonyl (C=O) groups is 3. The van der Waals surface area contributed by atoms with E-state index in [1.807, 2.05) is 18.2 Å². The van der Waals surface area contributed by atoms with Crippen molar-refractivity contribution in [1.29, 1.82) is 0 Å². The number of amides is 1. The van der Waals surface area contributed by atoms with Gasteiger partial charge in [0.2, 0.25) is 5.78 Å². The summed E-state index contributed by atoms with van der Waals surface area (Å²) in [6.45, 7) is 2.68. The number of allylic oxidation sites excluding steroid dienone is 1. The van der Waals surface area contributed by atoms with Crippen LogP contribution in [0.25, 0.3) is 10.8 Å². The number of benzene rings is 2. The Kier molecular flexibility index (Phi) is 6.60. The second kappa shape index (κ2) is 9.82. The van der Waals surface area contributed by atoms with Crippen LogP contribution in [-0.4, -0.2) is 93.6 Å². The van der Waals surface area contributed by atoms with Crippen LogP contribution in [0.2, 0.25) is 0 Å². The molecule has 42 heavy (non-hydrogen) atoms. The minimum Gasteiger partial charge on any atom is -0.510 e. The molecule has 3 aliphatic carbocycles. The van der Waals surface area contributed by atoms with Gasteiger partial charge in [0, 0.05) is 34.4 Å². The zero-order valence-electron chi connectivity index (χ0n) is 23.8. The van der Waals surface area contributed by atoms with Crippen LogP contribution in [0.3, 0.4) is 0 Å². The lowest BCUT2D eigenvalue weighted by Gasteiger charge is -2.50. The summed E-state index contributed by atoms with van der Waals surface area (Å²) in [5, 5.41) is 46.9. The summed E-state index contributed by atoms with van der Waals surface area (Å²) >= 11 is 0. The number of methoxy groups -OCH3 is 1. The largest absolute Gasteiger partial charge is 0.510 e. The predicted octanol–water partition coefficient (Wildman–Crippen LogP) is 1.88. The van der Waals surface area contributed by atoms with Gasteiger partial charge < -0.3 is 30.9 Å². The maximum Gasteiger partial charge on any atom is 0.255 e. The summed E-state index contributed by atoms with van der Waals surface area (Å²) in [7, 11) is 4.68. The number of ether oxygens (including phenoxy) is 1. The first-order chi connectivity index (χ1) is 19.9. The Hall–Kier alpha value is -3.93. The van der Waals surface area contributed by atoms with E-state index in [1.165, 1.54) is 12.0 Å². The van der Waals surface area contributed by atoms with Crippen molar-refractivity contribution in [1.82, 2.24) is 9.80 Å². The Balaban J connectivity index is 1.53. The van der Waals surface area contributed by atoms with Gasteiger partial charge in [-0.1, -0.05) is 12.1 Å². The molecule has 1 heterocycles. The number of aliphatic hydroxyl groups excluding tert-OH is 2. The van der Waals surface area contributed by atoms with Gasteiger partial charge in [-0.2, -0.15) is 0 Å². The van der Waals surface area contributed by atoms with Crippen molar-refractivity contribution in [2.45, 2.75) is 43.9 Å². The summed E-state index contributed by atoms with van der Waals surface area (Å²) in [6, 6.07) is 4.65. The molecule has 222 valence electrons. The number of likely N-dealkylation sites (N-methyl/N-ethyl adjacent to an activating group) is 1. The lowest BCUT2D eigenvalue weighted by Crippen LogP contribution is -2.63. The number of aliphatic hydroxyl groups is 3. The molecule has 0 unspecified atom stereocenters. The van der Waals surface area contributed by atoms with Gasteiger partial charge in [0.1, 0.15) is 28.6 Å². The highest BCUT2D eigenvalue weighted by molar-refractivity contribution is 6.25. The Morgan fingerprint density at radius 3 is 2.45 bits per heavy atom. The third-order valence-electron chi connectivity index (χ3n) is 9.52. The molecule has 0 saturated carbocycles. The van der Waals surface area contributed by atoms with Crippen molar-refractivity contribution in [2.75, 3.05) is 34.3 Å². The number of nitrogens with two attached hydrogens (primary N) is 1. The van der Waals surface area contributed by atoms with Gasteiger partial charge in [-0.05, 0) is 70.4 Å². The summed E-state index contributed by atoms with van der Waals surface area (Å²) in [6.07, 6.45) is 2.45. The maximum absolute atomic E-state index is 14.1. The summed E-state index contributed by atoms with van der Waals surface area (Å²) in [4.78, 5) is 43.7. The van der Waals surface area contributed by atoms with E-state index < -0.39 is 58.0 Å². The zero-order valence-corrected chi connectivity index (χ0v) is 23.8. The van der Waals surface area contributed by atoms with Gasteiger partial charge in [-0.15, -0.1) is 0 Å². The second-order valence-electron chi connectivity index (χ2n) is 12.1. The minimum absolute atomic E-state index is 0.0164. The number of ketones is 2. The fourth-order valence-electron chi connectivity index (χ4n) is 7.66. The fraction of sp³-hybridized carbons (Fsp3) is 0.452. The van der Waals surface area contributed by atoms with Crippen molar-refractivity contribution >= 4 is 28.2 Å². The molecule has 0 radical (unpaired) electrons. The number of likely N-dealkylation sites (tertiary alicyclic amines) is 1. The summed E-state index contributed by atoms with van der Waals surface area (Å²) in [5.74, 6) is -6.32. The number of hydrogen-bond donors (Lipinski definition) is 5. The molecule has 1 amide bonds. The van der Waals surface area contributed by atoms with Crippen LogP contribution in [0.5, 0.6) is 11.5 Å². The third-order valence-corrected chi connectivity index (χ3v) is 9.52. The molecule has 1 fully saturated rings. The van der Waals surface area contributed by atoms with E-state index in [2.05, 4.69) is 4.90 Å². The smallest absolute Gasteiger partial charge is 0.255 e. The van der Waals surface area contributed by atoms with Gasteiger partial charge in [-0.25, -0.2) is 0 Å². The van der Waals surface area contributed by atoms with E-state index in [9.17, 15) is 34.8 Å². The summed E-state index contributed by atoms with van der Waals surface area (Å²) < 4.78 is 5.81. The van der Waals surface area contributed by atoms with Gasteiger partial charge >= 0.3 is 0 Å². The van der Waals surface area contributed by atoms with Gasteiger partial charge in [0.05, 0.1) is 18.7 Å². The first kappa shape index (κ1) is 28.2. The quantitative estimate of drug-likeness (QED) is 0.330. The highest BCUT2D eigenvalue weighted by Gasteiger charge is 2.63. The van der Waals surface area contributed by atoms with Crippen molar-refractivity contribution in [3.05, 3.63) is 57.6 Å². The molecule has 1 saturated heterocycles. The molecule has 0 spiro atoms. The van der Waals surface area contributed by atoms with Crippen LogP contribution in [0, 0.1) is 11.8 Å². The van der Waals surface area contributed by atoms with Crippen LogP contribution in [-0.2, 0) is 22.6 Å². The molecule has 11 nitrogen and oxygen atoms in total. The van der Waals surface area contributed by atoms with Crippen LogP contribution in [0.4, 0.5) is 0 Å². The number of nitrogens with zero attached hydrogens (tertiary/aromatic N) is 2. The van der Waals surface area contributed by atoms with Gasteiger partial charge in [0.25, 0.3) is 5.91 Å². The highest BCUT2D eigenvalue weighted by Crippen LogP contribution is 2.54. The Labute approximate surface area is 242 Å². The molecular formula is C31H35N3O8. The molecule has 4 atom stereocenters. The molecule has 0 aromatic heterocycles. The number of carbonyl (C=O) groups excluding carboxylic acids is 3. The third kappa shape index (κ3) is 3.80. The molecule has 11 heteroatoms. The van der Waals surface area contributed by atoms with Crippen LogP contribution < -0.4 is 10.5 Å². The fourth-order valence-corrected chi connectivity index (χ4v) is 7.66. The van der Waals surface area contributed by atoms with E-state index in [-0.39, 0.29) is 29.7 Å². The van der Waals surface area contributed by atoms with E-state index in [0.29, 0.717) is 28.6 Å². The number of phenolic OH excluding ortho intramolecular Hbond substituents is 1. The lowest BCUT2D eigenvalue weighted by atomic mass is 9.58. The van der Waals surface area contributed by atoms with E-state index in [0.717, 1.165) is 31.5 Å². The van der Waals surface area contributed by atoms with Crippen molar-refractivity contribution in [3.63, 3.8) is 0 Å². The number of rotatable bonds is 5. The van der Waals surface area contributed by atoms with E-state index in [1.54, 1.807) is 14.1 Å². The first-order valence-corrected chi connectivity index (χ1v) is 14.1.